The lowest BCUT2D eigenvalue weighted by Crippen LogP contribution is -2.43. The number of nitrogens with one attached hydrogen (secondary N) is 2. The van der Waals surface area contributed by atoms with Crippen LogP contribution in [0.15, 0.2) is 94.8 Å². The second-order valence-corrected chi connectivity index (χ2v) is 13.6. The molecule has 4 aromatic heterocycles. The number of hydrogen-bond acceptors (Lipinski definition) is 9. The number of hydrogen-bond donors (Lipinski definition) is 3. The number of pyridine rings is 2. The highest BCUT2D eigenvalue weighted by atomic mass is 16.5. The maximum Gasteiger partial charge on any atom is 0.354 e. The predicted molar refractivity (Wildman–Crippen MR) is 196 cm³/mol. The average molecular weight is 702 g/mol. The summed E-state index contributed by atoms with van der Waals surface area (Å²) < 4.78 is 6.06. The monoisotopic (exact) mass is 701 g/mol. The minimum atomic E-state index is -1.07. The van der Waals surface area contributed by atoms with Crippen molar-refractivity contribution in [2.45, 2.75) is 58.2 Å². The minimum absolute atomic E-state index is 0.0127. The SMILES string of the molecule is CC(C)(C)OC1CCN(C(=O)c2cc(Cc3n[nH]c(=O)c4ccccc34)ccn2)CC1.O=C(O)c1cc(Cc2n[nH]c(=O)c3ccccc23)ccn1. The molecule has 0 spiro atoms. The summed E-state index contributed by atoms with van der Waals surface area (Å²) >= 11 is 0. The molecule has 0 saturated carbocycles. The second kappa shape index (κ2) is 15.4. The van der Waals surface area contributed by atoms with E-state index >= 15 is 0 Å². The number of likely N-dealkylation sites (tertiary alicyclic amines) is 1. The Hall–Kier alpha value is -6.08. The van der Waals surface area contributed by atoms with E-state index in [1.807, 2.05) is 47.4 Å². The van der Waals surface area contributed by atoms with Crippen molar-refractivity contribution in [2.24, 2.45) is 0 Å². The molecule has 13 heteroatoms. The van der Waals surface area contributed by atoms with Crippen LogP contribution in [-0.2, 0) is 17.6 Å². The van der Waals surface area contributed by atoms with E-state index in [-0.39, 0.29) is 34.4 Å². The Bertz CT molecular complexity index is 2360. The number of aromatic amines is 2. The number of amides is 1. The van der Waals surface area contributed by atoms with E-state index in [0.717, 1.165) is 40.4 Å². The van der Waals surface area contributed by atoms with E-state index < -0.39 is 5.97 Å². The fourth-order valence-electron chi connectivity index (χ4n) is 6.24. The lowest BCUT2D eigenvalue weighted by molar-refractivity contribution is -0.0791. The highest BCUT2D eigenvalue weighted by molar-refractivity contribution is 5.92. The standard InChI is InChI=1S/C24H28N4O3.C15H11N3O3/c1-24(2,3)31-17-9-12-28(13-10-17)23(30)21-15-16(8-11-25-21)14-20-18-6-4-5-7-19(18)22(29)27-26-20;19-14-11-4-2-1-3-10(11)12(17-18-14)7-9-5-6-16-13(8-9)15(20)21/h4-8,11,15,17H,9-10,12-14H2,1-3H3,(H,27,29);1-6,8H,7H2,(H,18,19)(H,20,21). The zero-order chi connectivity index (χ0) is 36.8. The van der Waals surface area contributed by atoms with Gasteiger partial charge in [0.1, 0.15) is 11.4 Å². The van der Waals surface area contributed by atoms with Crippen molar-refractivity contribution in [1.29, 1.82) is 0 Å². The second-order valence-electron chi connectivity index (χ2n) is 13.6. The number of H-pyrrole nitrogens is 2. The molecule has 0 radical (unpaired) electrons. The Morgan fingerprint density at radius 1 is 0.750 bits per heavy atom. The van der Waals surface area contributed by atoms with Gasteiger partial charge in [-0.05, 0) is 81.1 Å². The Balaban J connectivity index is 0.000000192. The molecule has 1 fully saturated rings. The van der Waals surface area contributed by atoms with Crippen LogP contribution in [0, 0.1) is 0 Å². The molecular formula is C39H39N7O6. The molecule has 7 rings (SSSR count). The van der Waals surface area contributed by atoms with Crippen molar-refractivity contribution in [1.82, 2.24) is 35.3 Å². The lowest BCUT2D eigenvalue weighted by Gasteiger charge is -2.35. The molecule has 0 aliphatic carbocycles. The van der Waals surface area contributed by atoms with Gasteiger partial charge in [-0.25, -0.2) is 20.0 Å². The summed E-state index contributed by atoms with van der Waals surface area (Å²) in [5.74, 6) is -1.13. The zero-order valence-corrected chi connectivity index (χ0v) is 29.1. The Labute approximate surface area is 298 Å². The van der Waals surface area contributed by atoms with Gasteiger partial charge in [-0.3, -0.25) is 19.4 Å². The molecule has 1 saturated heterocycles. The molecule has 6 aromatic rings. The minimum Gasteiger partial charge on any atom is -0.477 e. The van der Waals surface area contributed by atoms with Gasteiger partial charge in [0.25, 0.3) is 17.0 Å². The Morgan fingerprint density at radius 3 is 1.69 bits per heavy atom. The van der Waals surface area contributed by atoms with E-state index in [1.165, 1.54) is 12.3 Å². The van der Waals surface area contributed by atoms with Crippen LogP contribution in [0.5, 0.6) is 0 Å². The summed E-state index contributed by atoms with van der Waals surface area (Å²) in [4.78, 5) is 57.6. The molecule has 1 aliphatic heterocycles. The highest BCUT2D eigenvalue weighted by Crippen LogP contribution is 2.22. The normalized spacial score (nSPS) is 13.5. The maximum atomic E-state index is 13.0. The summed E-state index contributed by atoms with van der Waals surface area (Å²) in [5, 5.41) is 25.0. The fraction of sp³-hybridized carbons (Fsp3) is 0.282. The molecule has 0 unspecified atom stereocenters. The van der Waals surface area contributed by atoms with Crippen molar-refractivity contribution in [3.05, 3.63) is 140 Å². The molecule has 1 amide bonds. The van der Waals surface area contributed by atoms with Crippen molar-refractivity contribution in [3.8, 4) is 0 Å². The molecule has 2 aromatic carbocycles. The molecule has 266 valence electrons. The van der Waals surface area contributed by atoms with Crippen LogP contribution in [-0.4, -0.2) is 77.0 Å². The largest absolute Gasteiger partial charge is 0.477 e. The number of carboxylic acids is 1. The van der Waals surface area contributed by atoms with Gasteiger partial charge in [-0.1, -0.05) is 36.4 Å². The summed E-state index contributed by atoms with van der Waals surface area (Å²) in [7, 11) is 0. The van der Waals surface area contributed by atoms with Gasteiger partial charge in [0.2, 0.25) is 0 Å². The Morgan fingerprint density at radius 2 is 1.21 bits per heavy atom. The number of carboxylic acid groups (broad SMARTS) is 1. The molecule has 5 heterocycles. The van der Waals surface area contributed by atoms with Crippen molar-refractivity contribution >= 4 is 33.4 Å². The van der Waals surface area contributed by atoms with Crippen LogP contribution in [0.3, 0.4) is 0 Å². The maximum absolute atomic E-state index is 13.0. The smallest absolute Gasteiger partial charge is 0.354 e. The van der Waals surface area contributed by atoms with Crippen molar-refractivity contribution in [3.63, 3.8) is 0 Å². The van der Waals surface area contributed by atoms with Crippen LogP contribution in [0.1, 0.15) is 77.1 Å². The van der Waals surface area contributed by atoms with Gasteiger partial charge >= 0.3 is 5.97 Å². The van der Waals surface area contributed by atoms with Gasteiger partial charge in [0.05, 0.1) is 33.9 Å². The number of aromatic carboxylic acids is 1. The zero-order valence-electron chi connectivity index (χ0n) is 29.1. The number of carbonyl (C=O) groups excluding carboxylic acids is 1. The first-order valence-electron chi connectivity index (χ1n) is 17.0. The fourth-order valence-corrected chi connectivity index (χ4v) is 6.24. The Kier molecular flexibility index (Phi) is 10.6. The molecular weight excluding hydrogens is 662 g/mol. The number of carbonyl (C=O) groups is 2. The van der Waals surface area contributed by atoms with Gasteiger partial charge in [0, 0.05) is 49.1 Å². The van der Waals surface area contributed by atoms with Gasteiger partial charge in [-0.2, -0.15) is 10.2 Å². The van der Waals surface area contributed by atoms with E-state index in [0.29, 0.717) is 48.1 Å². The van der Waals surface area contributed by atoms with Crippen LogP contribution < -0.4 is 11.1 Å². The van der Waals surface area contributed by atoms with Crippen molar-refractivity contribution in [2.75, 3.05) is 13.1 Å². The first-order valence-corrected chi connectivity index (χ1v) is 17.0. The van der Waals surface area contributed by atoms with Gasteiger partial charge in [-0.15, -0.1) is 0 Å². The predicted octanol–water partition coefficient (Wildman–Crippen LogP) is 4.94. The van der Waals surface area contributed by atoms with E-state index in [2.05, 4.69) is 51.1 Å². The third-order valence-electron chi connectivity index (χ3n) is 8.63. The number of nitrogens with zero attached hydrogens (tertiary/aromatic N) is 5. The quantitative estimate of drug-likeness (QED) is 0.206. The summed E-state index contributed by atoms with van der Waals surface area (Å²) in [5.41, 5.74) is 2.95. The molecule has 1 aliphatic rings. The van der Waals surface area contributed by atoms with Gasteiger partial charge < -0.3 is 14.7 Å². The lowest BCUT2D eigenvalue weighted by atomic mass is 10.0. The topological polar surface area (TPSA) is 184 Å². The summed E-state index contributed by atoms with van der Waals surface area (Å²) in [6.45, 7) is 7.50. The summed E-state index contributed by atoms with van der Waals surface area (Å²) in [6, 6.07) is 21.5. The van der Waals surface area contributed by atoms with E-state index in [1.54, 1.807) is 30.5 Å². The van der Waals surface area contributed by atoms with Crippen LogP contribution in [0.25, 0.3) is 21.5 Å². The van der Waals surface area contributed by atoms with Crippen LogP contribution >= 0.6 is 0 Å². The number of ether oxygens (including phenoxy) is 1. The van der Waals surface area contributed by atoms with Crippen LogP contribution in [0.4, 0.5) is 0 Å². The number of benzene rings is 2. The number of piperidine rings is 1. The van der Waals surface area contributed by atoms with Crippen molar-refractivity contribution < 1.29 is 19.4 Å². The van der Waals surface area contributed by atoms with E-state index in [4.69, 9.17) is 9.84 Å². The number of fused-ring (bicyclic) bond motifs is 2. The molecule has 0 bridgehead atoms. The molecule has 52 heavy (non-hydrogen) atoms. The third kappa shape index (κ3) is 8.61. The average Bonchev–Trinajstić information content (AvgIpc) is 3.14. The van der Waals surface area contributed by atoms with Crippen LogP contribution in [0.2, 0.25) is 0 Å². The molecule has 13 nitrogen and oxygen atoms in total. The first kappa shape index (κ1) is 35.7. The molecule has 3 N–H and O–H groups in total. The summed E-state index contributed by atoms with van der Waals surface area (Å²) in [6.07, 6.45) is 5.87. The highest BCUT2D eigenvalue weighted by Gasteiger charge is 2.27. The first-order chi connectivity index (χ1) is 24.9. The molecule has 0 atom stereocenters. The third-order valence-corrected chi connectivity index (χ3v) is 8.63. The number of aromatic nitrogens is 6. The number of rotatable bonds is 7. The van der Waals surface area contributed by atoms with E-state index in [9.17, 15) is 19.2 Å². The van der Waals surface area contributed by atoms with Gasteiger partial charge in [0.15, 0.2) is 0 Å².